The summed E-state index contributed by atoms with van der Waals surface area (Å²) in [5.74, 6) is 0.884. The van der Waals surface area contributed by atoms with E-state index in [1.807, 2.05) is 24.3 Å². The van der Waals surface area contributed by atoms with Crippen LogP contribution in [0.2, 0.25) is 0 Å². The molecule has 0 amide bonds. The lowest BCUT2D eigenvalue weighted by atomic mass is 9.89. The Hall–Kier alpha value is -2.36. The van der Waals surface area contributed by atoms with Gasteiger partial charge in [0.25, 0.3) is 0 Å². The molecule has 0 radical (unpaired) electrons. The molecule has 2 heterocycles. The van der Waals surface area contributed by atoms with Gasteiger partial charge in [0.2, 0.25) is 5.43 Å². The fourth-order valence-corrected chi connectivity index (χ4v) is 2.93. The average Bonchev–Trinajstić information content (AvgIpc) is 2.46. The lowest BCUT2D eigenvalue weighted by Gasteiger charge is -2.25. The van der Waals surface area contributed by atoms with Crippen LogP contribution in [0.25, 0.3) is 22.6 Å². The first-order chi connectivity index (χ1) is 9.74. The van der Waals surface area contributed by atoms with Gasteiger partial charge in [-0.15, -0.1) is 0 Å². The van der Waals surface area contributed by atoms with Gasteiger partial charge < -0.3 is 9.73 Å². The molecule has 20 heavy (non-hydrogen) atoms. The van der Waals surface area contributed by atoms with E-state index in [1.165, 1.54) is 0 Å². The van der Waals surface area contributed by atoms with Crippen molar-refractivity contribution in [1.29, 1.82) is 0 Å². The summed E-state index contributed by atoms with van der Waals surface area (Å²) >= 11 is 0. The molecule has 100 valence electrons. The smallest absolute Gasteiger partial charge is 0.205 e. The minimum Gasteiger partial charge on any atom is -0.453 e. The third kappa shape index (κ3) is 1.54. The SMILES string of the molecule is CC1CCNc2c1c1nc3ccccc3oc-1cc2=O. The number of anilines is 1. The van der Waals surface area contributed by atoms with E-state index in [4.69, 9.17) is 9.40 Å². The second kappa shape index (κ2) is 4.07. The van der Waals surface area contributed by atoms with Gasteiger partial charge in [0.1, 0.15) is 11.2 Å². The summed E-state index contributed by atoms with van der Waals surface area (Å²) in [4.78, 5) is 16.9. The predicted octanol–water partition coefficient (Wildman–Crippen LogP) is 3.21. The van der Waals surface area contributed by atoms with Crippen molar-refractivity contribution >= 4 is 16.8 Å². The van der Waals surface area contributed by atoms with Crippen LogP contribution >= 0.6 is 0 Å². The molecule has 1 atom stereocenters. The number of benzene rings is 2. The highest BCUT2D eigenvalue weighted by Crippen LogP contribution is 2.38. The molecule has 1 aromatic carbocycles. The molecule has 0 saturated carbocycles. The molecule has 1 unspecified atom stereocenters. The fraction of sp³-hybridized carbons (Fsp3) is 0.250. The third-order valence-electron chi connectivity index (χ3n) is 3.96. The molecule has 1 aliphatic carbocycles. The van der Waals surface area contributed by atoms with Crippen molar-refractivity contribution in [2.75, 3.05) is 11.9 Å². The van der Waals surface area contributed by atoms with E-state index in [0.717, 1.165) is 29.7 Å². The summed E-state index contributed by atoms with van der Waals surface area (Å²) in [6.45, 7) is 2.97. The van der Waals surface area contributed by atoms with Crippen molar-refractivity contribution in [2.24, 2.45) is 0 Å². The molecule has 4 rings (SSSR count). The standard InChI is InChI=1S/C16H14N2O2/c1-9-6-7-17-15-11(19)8-13-16(14(9)15)18-10-4-2-3-5-12(10)20-13/h2-5,8-9,17H,6-7H2,1H3. The number of rotatable bonds is 0. The normalized spacial score (nSPS) is 17.9. The number of nitrogens with zero attached hydrogens (tertiary/aromatic N) is 1. The van der Waals surface area contributed by atoms with Gasteiger partial charge in [-0.2, -0.15) is 0 Å². The van der Waals surface area contributed by atoms with E-state index >= 15 is 0 Å². The molecule has 0 saturated heterocycles. The van der Waals surface area contributed by atoms with Crippen molar-refractivity contribution < 1.29 is 4.42 Å². The van der Waals surface area contributed by atoms with Gasteiger partial charge in [0.15, 0.2) is 11.3 Å². The predicted molar refractivity (Wildman–Crippen MR) is 78.4 cm³/mol. The summed E-state index contributed by atoms with van der Waals surface area (Å²) in [6, 6.07) is 9.18. The monoisotopic (exact) mass is 266 g/mol. The molecule has 1 N–H and O–H groups in total. The van der Waals surface area contributed by atoms with Gasteiger partial charge in [0, 0.05) is 18.2 Å². The molecule has 0 spiro atoms. The Balaban J connectivity index is 2.16. The van der Waals surface area contributed by atoms with Gasteiger partial charge in [-0.05, 0) is 24.5 Å². The van der Waals surface area contributed by atoms with E-state index in [0.29, 0.717) is 22.9 Å². The van der Waals surface area contributed by atoms with Crippen molar-refractivity contribution in [3.63, 3.8) is 0 Å². The zero-order chi connectivity index (χ0) is 13.7. The first-order valence-corrected chi connectivity index (χ1v) is 6.84. The lowest BCUT2D eigenvalue weighted by Crippen LogP contribution is -2.23. The molecule has 0 fully saturated rings. The average molecular weight is 266 g/mol. The second-order valence-electron chi connectivity index (χ2n) is 5.31. The maximum atomic E-state index is 12.2. The lowest BCUT2D eigenvalue weighted by molar-refractivity contribution is 0.603. The van der Waals surface area contributed by atoms with Crippen molar-refractivity contribution in [3.8, 4) is 11.5 Å². The van der Waals surface area contributed by atoms with Crippen LogP contribution in [-0.4, -0.2) is 11.5 Å². The van der Waals surface area contributed by atoms with E-state index in [-0.39, 0.29) is 5.43 Å². The number of aromatic nitrogens is 1. The number of para-hydroxylation sites is 2. The van der Waals surface area contributed by atoms with Gasteiger partial charge in [0.05, 0.1) is 5.69 Å². The molecule has 0 bridgehead atoms. The molecule has 4 nitrogen and oxygen atoms in total. The Kier molecular flexibility index (Phi) is 2.33. The first kappa shape index (κ1) is 11.5. The summed E-state index contributed by atoms with van der Waals surface area (Å²) in [5, 5.41) is 3.21. The van der Waals surface area contributed by atoms with E-state index < -0.39 is 0 Å². The van der Waals surface area contributed by atoms with Crippen LogP contribution in [0, 0.1) is 0 Å². The molecule has 2 aliphatic heterocycles. The Morgan fingerprint density at radius 2 is 2.20 bits per heavy atom. The Bertz CT molecular complexity index is 838. The zero-order valence-corrected chi connectivity index (χ0v) is 11.1. The maximum Gasteiger partial charge on any atom is 0.205 e. The van der Waals surface area contributed by atoms with Gasteiger partial charge in [-0.25, -0.2) is 4.98 Å². The highest BCUT2D eigenvalue weighted by Gasteiger charge is 2.26. The summed E-state index contributed by atoms with van der Waals surface area (Å²) in [6.07, 6.45) is 1.00. The highest BCUT2D eigenvalue weighted by molar-refractivity contribution is 5.80. The topological polar surface area (TPSA) is 55.1 Å². The maximum absolute atomic E-state index is 12.2. The highest BCUT2D eigenvalue weighted by atomic mass is 16.3. The number of fused-ring (bicyclic) bond motifs is 4. The largest absolute Gasteiger partial charge is 0.453 e. The minimum atomic E-state index is -0.0140. The molecule has 3 aliphatic rings. The summed E-state index contributed by atoms with van der Waals surface area (Å²) in [7, 11) is 0. The van der Waals surface area contributed by atoms with Crippen LogP contribution in [0.5, 0.6) is 0 Å². The number of hydrogen-bond acceptors (Lipinski definition) is 4. The molecular weight excluding hydrogens is 252 g/mol. The second-order valence-corrected chi connectivity index (χ2v) is 5.31. The van der Waals surface area contributed by atoms with Crippen molar-refractivity contribution in [1.82, 2.24) is 4.98 Å². The Labute approximate surface area is 115 Å². The number of hydrogen-bond donors (Lipinski definition) is 1. The Morgan fingerprint density at radius 1 is 1.35 bits per heavy atom. The fourth-order valence-electron chi connectivity index (χ4n) is 2.93. The van der Waals surface area contributed by atoms with Gasteiger partial charge >= 0.3 is 0 Å². The summed E-state index contributed by atoms with van der Waals surface area (Å²) < 4.78 is 5.85. The molecule has 1 aromatic rings. The Morgan fingerprint density at radius 3 is 3.10 bits per heavy atom. The quantitative estimate of drug-likeness (QED) is 0.635. The molecular formula is C16H14N2O2. The number of nitrogens with one attached hydrogen (secondary N) is 1. The zero-order valence-electron chi connectivity index (χ0n) is 11.1. The summed E-state index contributed by atoms with van der Waals surface area (Å²) in [5.41, 5.74) is 4.00. The van der Waals surface area contributed by atoms with Crippen LogP contribution in [0.4, 0.5) is 5.69 Å². The van der Waals surface area contributed by atoms with Crippen molar-refractivity contribution in [2.45, 2.75) is 19.3 Å². The molecule has 0 aromatic heterocycles. The van der Waals surface area contributed by atoms with E-state index in [9.17, 15) is 4.79 Å². The van der Waals surface area contributed by atoms with E-state index in [1.54, 1.807) is 6.07 Å². The third-order valence-corrected chi connectivity index (χ3v) is 3.96. The van der Waals surface area contributed by atoms with Gasteiger partial charge in [-0.3, -0.25) is 4.79 Å². The van der Waals surface area contributed by atoms with Crippen LogP contribution < -0.4 is 10.7 Å². The minimum absolute atomic E-state index is 0.0140. The van der Waals surface area contributed by atoms with Crippen LogP contribution in [0.3, 0.4) is 0 Å². The van der Waals surface area contributed by atoms with Crippen LogP contribution in [-0.2, 0) is 0 Å². The van der Waals surface area contributed by atoms with Gasteiger partial charge in [-0.1, -0.05) is 19.1 Å². The molecule has 4 heteroatoms. The van der Waals surface area contributed by atoms with Crippen LogP contribution in [0.15, 0.2) is 39.5 Å². The van der Waals surface area contributed by atoms with Crippen LogP contribution in [0.1, 0.15) is 24.8 Å². The first-order valence-electron chi connectivity index (χ1n) is 6.84. The van der Waals surface area contributed by atoms with E-state index in [2.05, 4.69) is 12.2 Å². The van der Waals surface area contributed by atoms with Crippen molar-refractivity contribution in [3.05, 3.63) is 46.1 Å².